The van der Waals surface area contributed by atoms with Crippen molar-refractivity contribution in [3.05, 3.63) is 60.3 Å². The van der Waals surface area contributed by atoms with E-state index in [4.69, 9.17) is 0 Å². The highest BCUT2D eigenvalue weighted by molar-refractivity contribution is 5.39. The van der Waals surface area contributed by atoms with E-state index in [2.05, 4.69) is 30.7 Å². The van der Waals surface area contributed by atoms with Crippen LogP contribution in [0.3, 0.4) is 0 Å². The van der Waals surface area contributed by atoms with Gasteiger partial charge in [-0.05, 0) is 31.2 Å². The SMILES string of the molecule is Cc1ccn(-c2ccc(NCc3ccnc4ccnn34)nn2)n1. The van der Waals surface area contributed by atoms with Gasteiger partial charge in [0.05, 0.1) is 24.1 Å². The van der Waals surface area contributed by atoms with Crippen molar-refractivity contribution in [3.63, 3.8) is 0 Å². The summed E-state index contributed by atoms with van der Waals surface area (Å²) in [4.78, 5) is 4.24. The van der Waals surface area contributed by atoms with E-state index >= 15 is 0 Å². The minimum atomic E-state index is 0.579. The van der Waals surface area contributed by atoms with Gasteiger partial charge >= 0.3 is 0 Å². The maximum absolute atomic E-state index is 4.31. The van der Waals surface area contributed by atoms with Gasteiger partial charge in [0, 0.05) is 18.5 Å². The molecule has 0 saturated carbocycles. The molecule has 4 aromatic heterocycles. The lowest BCUT2D eigenvalue weighted by molar-refractivity contribution is 0.800. The summed E-state index contributed by atoms with van der Waals surface area (Å²) in [6.07, 6.45) is 5.35. The molecule has 0 bridgehead atoms. The van der Waals surface area contributed by atoms with Crippen LogP contribution < -0.4 is 5.32 Å². The summed E-state index contributed by atoms with van der Waals surface area (Å²) in [5.41, 5.74) is 2.75. The molecule has 114 valence electrons. The fourth-order valence-corrected chi connectivity index (χ4v) is 2.29. The first-order valence-corrected chi connectivity index (χ1v) is 7.17. The van der Waals surface area contributed by atoms with Gasteiger partial charge in [0.2, 0.25) is 0 Å². The third-order valence-corrected chi connectivity index (χ3v) is 3.43. The number of nitrogens with one attached hydrogen (secondary N) is 1. The molecule has 23 heavy (non-hydrogen) atoms. The average molecular weight is 306 g/mol. The van der Waals surface area contributed by atoms with E-state index in [-0.39, 0.29) is 0 Å². The summed E-state index contributed by atoms with van der Waals surface area (Å²) in [7, 11) is 0. The van der Waals surface area contributed by atoms with Crippen molar-refractivity contribution < 1.29 is 0 Å². The van der Waals surface area contributed by atoms with Crippen LogP contribution >= 0.6 is 0 Å². The van der Waals surface area contributed by atoms with Crippen molar-refractivity contribution >= 4 is 11.5 Å². The smallest absolute Gasteiger partial charge is 0.175 e. The quantitative estimate of drug-likeness (QED) is 0.616. The molecule has 0 atom stereocenters. The Labute approximate surface area is 131 Å². The van der Waals surface area contributed by atoms with E-state index in [0.29, 0.717) is 18.2 Å². The zero-order chi connectivity index (χ0) is 15.6. The fourth-order valence-electron chi connectivity index (χ4n) is 2.29. The van der Waals surface area contributed by atoms with Gasteiger partial charge in [0.1, 0.15) is 5.82 Å². The molecule has 0 unspecified atom stereocenters. The minimum absolute atomic E-state index is 0.579. The first kappa shape index (κ1) is 13.4. The Morgan fingerprint density at radius 2 is 2.00 bits per heavy atom. The molecule has 4 heterocycles. The topological polar surface area (TPSA) is 85.8 Å². The molecule has 0 saturated heterocycles. The van der Waals surface area contributed by atoms with Crippen LogP contribution in [-0.4, -0.2) is 34.6 Å². The summed E-state index contributed by atoms with van der Waals surface area (Å²) in [6.45, 7) is 2.51. The summed E-state index contributed by atoms with van der Waals surface area (Å²) >= 11 is 0. The lowest BCUT2D eigenvalue weighted by Gasteiger charge is -2.07. The van der Waals surface area contributed by atoms with Crippen molar-refractivity contribution in [1.82, 2.24) is 34.6 Å². The molecule has 0 amide bonds. The van der Waals surface area contributed by atoms with E-state index in [0.717, 1.165) is 17.0 Å². The van der Waals surface area contributed by atoms with Gasteiger partial charge < -0.3 is 5.32 Å². The number of fused-ring (bicyclic) bond motifs is 1. The molecule has 0 aliphatic carbocycles. The van der Waals surface area contributed by atoms with Gasteiger partial charge in [-0.2, -0.15) is 10.2 Å². The zero-order valence-electron chi connectivity index (χ0n) is 12.5. The van der Waals surface area contributed by atoms with Crippen molar-refractivity contribution in [2.75, 3.05) is 5.32 Å². The predicted molar refractivity (Wildman–Crippen MR) is 84.2 cm³/mol. The molecule has 1 N–H and O–H groups in total. The van der Waals surface area contributed by atoms with Crippen LogP contribution in [0.2, 0.25) is 0 Å². The number of hydrogen-bond donors (Lipinski definition) is 1. The minimum Gasteiger partial charge on any atom is -0.363 e. The number of hydrogen-bond acceptors (Lipinski definition) is 6. The van der Waals surface area contributed by atoms with Gasteiger partial charge in [-0.3, -0.25) is 0 Å². The molecule has 4 rings (SSSR count). The number of aromatic nitrogens is 7. The van der Waals surface area contributed by atoms with Crippen LogP contribution in [0.4, 0.5) is 5.82 Å². The molecular formula is C15H14N8. The van der Waals surface area contributed by atoms with Crippen molar-refractivity contribution in [1.29, 1.82) is 0 Å². The van der Waals surface area contributed by atoms with Crippen LogP contribution in [0.5, 0.6) is 0 Å². The Balaban J connectivity index is 1.50. The van der Waals surface area contributed by atoms with E-state index in [1.807, 2.05) is 43.5 Å². The van der Waals surface area contributed by atoms with E-state index in [9.17, 15) is 0 Å². The molecule has 0 fully saturated rings. The Kier molecular flexibility index (Phi) is 3.19. The van der Waals surface area contributed by atoms with Gasteiger partial charge in [-0.15, -0.1) is 10.2 Å². The van der Waals surface area contributed by atoms with Crippen LogP contribution in [0.1, 0.15) is 11.4 Å². The standard InChI is InChI=1S/C15H14N8/c1-11-6-9-22(21-11)15-3-2-13(19-20-15)17-10-12-4-7-16-14-5-8-18-23(12)14/h2-9H,10H2,1H3,(H,17,19). The third-order valence-electron chi connectivity index (χ3n) is 3.43. The second-order valence-electron chi connectivity index (χ2n) is 5.07. The maximum Gasteiger partial charge on any atom is 0.175 e. The zero-order valence-corrected chi connectivity index (χ0v) is 12.5. The normalized spacial score (nSPS) is 11.0. The van der Waals surface area contributed by atoms with Gasteiger partial charge in [-0.25, -0.2) is 14.2 Å². The van der Waals surface area contributed by atoms with Crippen molar-refractivity contribution in [2.45, 2.75) is 13.5 Å². The van der Waals surface area contributed by atoms with E-state index in [1.54, 1.807) is 21.6 Å². The number of anilines is 1. The Hall–Kier alpha value is -3.29. The highest BCUT2D eigenvalue weighted by Crippen LogP contribution is 2.09. The molecule has 0 spiro atoms. The molecule has 0 radical (unpaired) electrons. The monoisotopic (exact) mass is 306 g/mol. The summed E-state index contributed by atoms with van der Waals surface area (Å²) in [6, 6.07) is 9.46. The third kappa shape index (κ3) is 2.61. The van der Waals surface area contributed by atoms with Crippen molar-refractivity contribution in [2.24, 2.45) is 0 Å². The predicted octanol–water partition coefficient (Wildman–Crippen LogP) is 1.63. The van der Waals surface area contributed by atoms with Crippen LogP contribution in [0, 0.1) is 6.92 Å². The lowest BCUT2D eigenvalue weighted by Crippen LogP contribution is -2.08. The molecule has 0 aliphatic heterocycles. The number of aryl methyl sites for hydroxylation is 1. The van der Waals surface area contributed by atoms with Crippen molar-refractivity contribution in [3.8, 4) is 5.82 Å². The Bertz CT molecular complexity index is 937. The highest BCUT2D eigenvalue weighted by atomic mass is 15.3. The van der Waals surface area contributed by atoms with Crippen LogP contribution in [0.15, 0.2) is 48.9 Å². The second kappa shape index (κ2) is 5.48. The summed E-state index contributed by atoms with van der Waals surface area (Å²) < 4.78 is 3.49. The Morgan fingerprint density at radius 3 is 2.78 bits per heavy atom. The molecule has 8 heteroatoms. The van der Waals surface area contributed by atoms with Gasteiger partial charge in [0.25, 0.3) is 0 Å². The molecular weight excluding hydrogens is 292 g/mol. The van der Waals surface area contributed by atoms with Gasteiger partial charge in [-0.1, -0.05) is 0 Å². The maximum atomic E-state index is 4.31. The Morgan fingerprint density at radius 1 is 1.04 bits per heavy atom. The molecule has 8 nitrogen and oxygen atoms in total. The van der Waals surface area contributed by atoms with Crippen LogP contribution in [0.25, 0.3) is 11.5 Å². The first-order chi connectivity index (χ1) is 11.3. The second-order valence-corrected chi connectivity index (χ2v) is 5.07. The van der Waals surface area contributed by atoms with Crippen LogP contribution in [-0.2, 0) is 6.54 Å². The molecule has 0 aromatic carbocycles. The van der Waals surface area contributed by atoms with Gasteiger partial charge in [0.15, 0.2) is 11.5 Å². The first-order valence-electron chi connectivity index (χ1n) is 7.17. The summed E-state index contributed by atoms with van der Waals surface area (Å²) in [5.74, 6) is 1.37. The average Bonchev–Trinajstić information content (AvgIpc) is 3.22. The largest absolute Gasteiger partial charge is 0.363 e. The molecule has 4 aromatic rings. The lowest BCUT2D eigenvalue weighted by atomic mass is 10.4. The van der Waals surface area contributed by atoms with E-state index < -0.39 is 0 Å². The number of rotatable bonds is 4. The summed E-state index contributed by atoms with van der Waals surface area (Å²) in [5, 5.41) is 20.2. The molecule has 0 aliphatic rings. The highest BCUT2D eigenvalue weighted by Gasteiger charge is 2.04. The fraction of sp³-hybridized carbons (Fsp3) is 0.133. The number of nitrogens with zero attached hydrogens (tertiary/aromatic N) is 7. The van der Waals surface area contributed by atoms with E-state index in [1.165, 1.54) is 0 Å².